The Kier molecular flexibility index (Phi) is 7.02. The second-order valence-electron chi connectivity index (χ2n) is 6.68. The number of aryl methyl sites for hydroxylation is 2. The molecule has 0 saturated heterocycles. The summed E-state index contributed by atoms with van der Waals surface area (Å²) in [5, 5.41) is 17.7. The maximum atomic E-state index is 12.3. The highest BCUT2D eigenvalue weighted by atomic mass is 19.4. The number of hydrogen-bond acceptors (Lipinski definition) is 7. The molecule has 2 aromatic heterocycles. The van der Waals surface area contributed by atoms with Gasteiger partial charge in [-0.1, -0.05) is 22.6 Å². The first kappa shape index (κ1) is 22.7. The summed E-state index contributed by atoms with van der Waals surface area (Å²) >= 11 is 0. The molecule has 3 rings (SSSR count). The molecule has 0 radical (unpaired) electrons. The Labute approximate surface area is 179 Å². The predicted octanol–water partition coefficient (Wildman–Crippen LogP) is 1.28. The van der Waals surface area contributed by atoms with Crippen LogP contribution in [0.3, 0.4) is 0 Å². The van der Waals surface area contributed by atoms with E-state index >= 15 is 0 Å². The molecule has 2 amide bonds. The van der Waals surface area contributed by atoms with Gasteiger partial charge in [0.25, 0.3) is 11.8 Å². The molecule has 0 saturated carbocycles. The van der Waals surface area contributed by atoms with Gasteiger partial charge in [-0.25, -0.2) is 0 Å². The number of ether oxygens (including phenoxy) is 1. The Morgan fingerprint density at radius 1 is 1.03 bits per heavy atom. The van der Waals surface area contributed by atoms with Gasteiger partial charge in [0.05, 0.1) is 12.4 Å². The van der Waals surface area contributed by atoms with E-state index in [-0.39, 0.29) is 23.7 Å². The Hall–Kier alpha value is -3.97. The number of nitrogens with one attached hydrogen (secondary N) is 1. The van der Waals surface area contributed by atoms with E-state index in [2.05, 4.69) is 30.7 Å². The van der Waals surface area contributed by atoms with Crippen LogP contribution in [-0.4, -0.2) is 48.2 Å². The number of nitrogens with zero attached hydrogens (tertiary/aromatic N) is 6. The second-order valence-corrected chi connectivity index (χ2v) is 6.68. The van der Waals surface area contributed by atoms with E-state index in [4.69, 9.17) is 5.73 Å². The maximum Gasteiger partial charge on any atom is 0.573 e. The Morgan fingerprint density at radius 2 is 1.66 bits per heavy atom. The van der Waals surface area contributed by atoms with E-state index < -0.39 is 18.2 Å². The summed E-state index contributed by atoms with van der Waals surface area (Å²) in [7, 11) is 0. The molecule has 0 bridgehead atoms. The van der Waals surface area contributed by atoms with Crippen LogP contribution in [0.4, 0.5) is 13.2 Å². The first-order valence-corrected chi connectivity index (χ1v) is 9.42. The monoisotopic (exact) mass is 452 g/mol. The molecule has 32 heavy (non-hydrogen) atoms. The van der Waals surface area contributed by atoms with Gasteiger partial charge in [0, 0.05) is 19.6 Å². The minimum Gasteiger partial charge on any atom is -0.406 e. The van der Waals surface area contributed by atoms with Gasteiger partial charge in [0.1, 0.15) is 5.75 Å². The van der Waals surface area contributed by atoms with Crippen molar-refractivity contribution in [3.63, 3.8) is 0 Å². The molecule has 14 heteroatoms. The third kappa shape index (κ3) is 6.78. The zero-order valence-corrected chi connectivity index (χ0v) is 16.6. The van der Waals surface area contributed by atoms with Crippen molar-refractivity contribution in [1.82, 2.24) is 35.3 Å². The molecule has 170 valence electrons. The zero-order valence-electron chi connectivity index (χ0n) is 16.6. The van der Waals surface area contributed by atoms with E-state index in [0.29, 0.717) is 31.5 Å². The number of nitrogens with two attached hydrogens (primary N) is 1. The lowest BCUT2D eigenvalue weighted by Gasteiger charge is -2.10. The maximum absolute atomic E-state index is 12.3. The minimum absolute atomic E-state index is 0.00799. The summed E-state index contributed by atoms with van der Waals surface area (Å²) < 4.78 is 43.8. The number of primary amides is 1. The third-order valence-electron chi connectivity index (χ3n) is 4.17. The standard InChI is InChI=1S/C18H19F3N8O3/c19-18(20,21)32-13-5-3-4-12(8-13)9-23-17(31)15-11-29(27-25-15)7-2-1-6-28-10-14(16(22)30)24-26-28/h3-5,8,10-11H,1-2,6-7,9H2,(H2,22,30)(H,23,31). The average Bonchev–Trinajstić information content (AvgIpc) is 3.38. The van der Waals surface area contributed by atoms with Crippen LogP contribution in [0.2, 0.25) is 0 Å². The van der Waals surface area contributed by atoms with Crippen LogP contribution < -0.4 is 15.8 Å². The van der Waals surface area contributed by atoms with E-state index in [9.17, 15) is 22.8 Å². The molecule has 0 atom stereocenters. The van der Waals surface area contributed by atoms with Gasteiger partial charge in [0.2, 0.25) is 0 Å². The van der Waals surface area contributed by atoms with Gasteiger partial charge >= 0.3 is 6.36 Å². The highest BCUT2D eigenvalue weighted by Gasteiger charge is 2.31. The van der Waals surface area contributed by atoms with Crippen molar-refractivity contribution in [3.05, 3.63) is 53.6 Å². The molecular formula is C18H19F3N8O3. The molecule has 0 aliphatic heterocycles. The van der Waals surface area contributed by atoms with Gasteiger partial charge in [-0.05, 0) is 30.5 Å². The molecule has 0 aliphatic rings. The first-order valence-electron chi connectivity index (χ1n) is 9.42. The number of alkyl halides is 3. The Bertz CT molecular complexity index is 1080. The minimum atomic E-state index is -4.79. The molecular weight excluding hydrogens is 433 g/mol. The number of hydrogen-bond donors (Lipinski definition) is 2. The number of carbonyl (C=O) groups excluding carboxylic acids is 2. The van der Waals surface area contributed by atoms with Gasteiger partial charge in [-0.2, -0.15) is 0 Å². The fourth-order valence-corrected chi connectivity index (χ4v) is 2.71. The summed E-state index contributed by atoms with van der Waals surface area (Å²) in [5.74, 6) is -1.53. The van der Waals surface area contributed by atoms with Crippen molar-refractivity contribution >= 4 is 11.8 Å². The highest BCUT2D eigenvalue weighted by Crippen LogP contribution is 2.23. The van der Waals surface area contributed by atoms with Crippen LogP contribution in [0.1, 0.15) is 39.4 Å². The average molecular weight is 452 g/mol. The van der Waals surface area contributed by atoms with Gasteiger partial charge in [-0.15, -0.1) is 23.4 Å². The quantitative estimate of drug-likeness (QED) is 0.441. The third-order valence-corrected chi connectivity index (χ3v) is 4.17. The molecule has 0 unspecified atom stereocenters. The molecule has 2 heterocycles. The topological polar surface area (TPSA) is 143 Å². The molecule has 3 N–H and O–H groups in total. The summed E-state index contributed by atoms with van der Waals surface area (Å²) in [6.07, 6.45) is -0.450. The largest absolute Gasteiger partial charge is 0.573 e. The summed E-state index contributed by atoms with van der Waals surface area (Å²) in [6, 6.07) is 5.31. The SMILES string of the molecule is NC(=O)c1cn(CCCCn2cc(C(=O)NCc3cccc(OC(F)(F)F)c3)nn2)nn1. The van der Waals surface area contributed by atoms with Crippen LogP contribution in [-0.2, 0) is 19.6 Å². The van der Waals surface area contributed by atoms with Gasteiger partial charge in [-0.3, -0.25) is 19.0 Å². The number of unbranched alkanes of at least 4 members (excludes halogenated alkanes) is 1. The number of halogens is 3. The van der Waals surface area contributed by atoms with Crippen LogP contribution in [0, 0.1) is 0 Å². The predicted molar refractivity (Wildman–Crippen MR) is 102 cm³/mol. The second kappa shape index (κ2) is 9.89. The zero-order chi connectivity index (χ0) is 23.1. The molecule has 0 aliphatic carbocycles. The van der Waals surface area contributed by atoms with Gasteiger partial charge < -0.3 is 15.8 Å². The lowest BCUT2D eigenvalue weighted by atomic mass is 10.2. The van der Waals surface area contributed by atoms with Crippen molar-refractivity contribution in [1.29, 1.82) is 0 Å². The molecule has 3 aromatic rings. The van der Waals surface area contributed by atoms with Crippen molar-refractivity contribution in [3.8, 4) is 5.75 Å². The number of aromatic nitrogens is 6. The summed E-state index contributed by atoms with van der Waals surface area (Å²) in [6.45, 7) is 1.01. The van der Waals surface area contributed by atoms with Crippen LogP contribution in [0.25, 0.3) is 0 Å². The van der Waals surface area contributed by atoms with E-state index in [1.807, 2.05) is 0 Å². The normalized spacial score (nSPS) is 11.3. The molecule has 1 aromatic carbocycles. The summed E-state index contributed by atoms with van der Waals surface area (Å²) in [5.41, 5.74) is 5.72. The molecule has 0 spiro atoms. The van der Waals surface area contributed by atoms with E-state index in [0.717, 1.165) is 0 Å². The number of carbonyl (C=O) groups is 2. The Balaban J connectivity index is 1.43. The fraction of sp³-hybridized carbons (Fsp3) is 0.333. The highest BCUT2D eigenvalue weighted by molar-refractivity contribution is 5.91. The van der Waals surface area contributed by atoms with Crippen molar-refractivity contribution in [2.75, 3.05) is 0 Å². The lowest BCUT2D eigenvalue weighted by molar-refractivity contribution is -0.274. The molecule has 11 nitrogen and oxygen atoms in total. The van der Waals surface area contributed by atoms with E-state index in [1.165, 1.54) is 40.0 Å². The summed E-state index contributed by atoms with van der Waals surface area (Å²) in [4.78, 5) is 23.2. The Morgan fingerprint density at radius 3 is 2.25 bits per heavy atom. The van der Waals surface area contributed by atoms with E-state index in [1.54, 1.807) is 6.07 Å². The van der Waals surface area contributed by atoms with Crippen LogP contribution >= 0.6 is 0 Å². The number of amides is 2. The van der Waals surface area contributed by atoms with Crippen molar-refractivity contribution < 1.29 is 27.5 Å². The molecule has 0 fully saturated rings. The number of rotatable bonds is 10. The lowest BCUT2D eigenvalue weighted by Crippen LogP contribution is -2.23. The smallest absolute Gasteiger partial charge is 0.406 e. The number of benzene rings is 1. The van der Waals surface area contributed by atoms with Crippen LogP contribution in [0.5, 0.6) is 5.75 Å². The van der Waals surface area contributed by atoms with Crippen molar-refractivity contribution in [2.24, 2.45) is 5.73 Å². The fourth-order valence-electron chi connectivity index (χ4n) is 2.71. The van der Waals surface area contributed by atoms with Crippen LogP contribution in [0.15, 0.2) is 36.7 Å². The van der Waals surface area contributed by atoms with Gasteiger partial charge in [0.15, 0.2) is 11.4 Å². The first-order chi connectivity index (χ1) is 15.2. The van der Waals surface area contributed by atoms with Crippen molar-refractivity contribution in [2.45, 2.75) is 38.8 Å².